The third-order valence-corrected chi connectivity index (χ3v) is 7.52. The maximum Gasteiger partial charge on any atom is 0.238 e. The smallest absolute Gasteiger partial charge is 0.238 e. The van der Waals surface area contributed by atoms with Crippen molar-refractivity contribution in [3.05, 3.63) is 78.9 Å². The fourth-order valence-corrected chi connectivity index (χ4v) is 5.78. The zero-order valence-corrected chi connectivity index (χ0v) is 18.0. The largest absolute Gasteiger partial charge is 0.305 e. The Kier molecular flexibility index (Phi) is 5.23. The molecule has 0 bridgehead atoms. The molecule has 2 heterocycles. The van der Waals surface area contributed by atoms with Crippen molar-refractivity contribution in [2.75, 3.05) is 10.7 Å². The Morgan fingerprint density at radius 2 is 1.80 bits per heavy atom. The molecule has 2 atom stereocenters. The average molecular weight is 433 g/mol. The molecule has 2 aliphatic rings. The van der Waals surface area contributed by atoms with Crippen LogP contribution in [0.5, 0.6) is 0 Å². The van der Waals surface area contributed by atoms with Gasteiger partial charge in [0.15, 0.2) is 11.0 Å². The molecular formula is C23H20N4OS2. The highest BCUT2D eigenvalue weighted by Gasteiger charge is 2.36. The summed E-state index contributed by atoms with van der Waals surface area (Å²) < 4.78 is 1.94. The van der Waals surface area contributed by atoms with Gasteiger partial charge < -0.3 is 9.47 Å². The predicted molar refractivity (Wildman–Crippen MR) is 123 cm³/mol. The molecule has 1 aliphatic heterocycles. The van der Waals surface area contributed by atoms with Crippen molar-refractivity contribution in [1.29, 1.82) is 0 Å². The SMILES string of the molecule is Cn1c(SCC(=O)N2c3ccccc3S[C@H]3C=CC=C[C@H]32)nnc1-c1ccccc1. The molecule has 0 fully saturated rings. The van der Waals surface area contributed by atoms with Crippen molar-refractivity contribution in [1.82, 2.24) is 14.8 Å². The highest BCUT2D eigenvalue weighted by molar-refractivity contribution is 8.00. The van der Waals surface area contributed by atoms with Crippen molar-refractivity contribution < 1.29 is 4.79 Å². The summed E-state index contributed by atoms with van der Waals surface area (Å²) in [6.07, 6.45) is 8.38. The lowest BCUT2D eigenvalue weighted by Gasteiger charge is -2.40. The summed E-state index contributed by atoms with van der Waals surface area (Å²) in [5.41, 5.74) is 1.99. The topological polar surface area (TPSA) is 51.0 Å². The summed E-state index contributed by atoms with van der Waals surface area (Å²) >= 11 is 3.24. The van der Waals surface area contributed by atoms with E-state index in [0.29, 0.717) is 5.75 Å². The van der Waals surface area contributed by atoms with Crippen LogP contribution in [0.25, 0.3) is 11.4 Å². The van der Waals surface area contributed by atoms with Crippen molar-refractivity contribution in [2.45, 2.75) is 21.3 Å². The first kappa shape index (κ1) is 19.2. The summed E-state index contributed by atoms with van der Waals surface area (Å²) in [4.78, 5) is 16.4. The van der Waals surface area contributed by atoms with Gasteiger partial charge in [0.25, 0.3) is 0 Å². The molecule has 1 amide bonds. The van der Waals surface area contributed by atoms with Crippen LogP contribution in [0.3, 0.4) is 0 Å². The van der Waals surface area contributed by atoms with Gasteiger partial charge in [0.1, 0.15) is 0 Å². The van der Waals surface area contributed by atoms with Crippen LogP contribution in [0.2, 0.25) is 0 Å². The lowest BCUT2D eigenvalue weighted by atomic mass is 10.0. The Labute approximate surface area is 183 Å². The Morgan fingerprint density at radius 1 is 1.03 bits per heavy atom. The van der Waals surface area contributed by atoms with Crippen LogP contribution in [0.15, 0.2) is 89.0 Å². The van der Waals surface area contributed by atoms with Crippen LogP contribution in [0.4, 0.5) is 5.69 Å². The number of thioether (sulfide) groups is 2. The number of hydrogen-bond donors (Lipinski definition) is 0. The van der Waals surface area contributed by atoms with E-state index in [2.05, 4.69) is 34.5 Å². The summed E-state index contributed by atoms with van der Waals surface area (Å²) in [5.74, 6) is 1.18. The van der Waals surface area contributed by atoms with Crippen molar-refractivity contribution in [2.24, 2.45) is 7.05 Å². The quantitative estimate of drug-likeness (QED) is 0.565. The van der Waals surface area contributed by atoms with E-state index in [1.165, 1.54) is 11.8 Å². The van der Waals surface area contributed by atoms with Gasteiger partial charge in [-0.15, -0.1) is 22.0 Å². The molecule has 0 spiro atoms. The van der Waals surface area contributed by atoms with Crippen LogP contribution in [0, 0.1) is 0 Å². The minimum absolute atomic E-state index is 0.0300. The van der Waals surface area contributed by atoms with E-state index >= 15 is 0 Å². The number of carbonyl (C=O) groups is 1. The summed E-state index contributed by atoms with van der Waals surface area (Å²) in [6, 6.07) is 18.1. The average Bonchev–Trinajstić information content (AvgIpc) is 3.16. The Hall–Kier alpha value is -2.77. The first-order chi connectivity index (χ1) is 14.7. The van der Waals surface area contributed by atoms with Gasteiger partial charge in [0, 0.05) is 17.5 Å². The molecule has 150 valence electrons. The Bertz CT molecular complexity index is 1140. The minimum Gasteiger partial charge on any atom is -0.305 e. The molecule has 0 radical (unpaired) electrons. The molecule has 1 aliphatic carbocycles. The van der Waals surface area contributed by atoms with Gasteiger partial charge in [-0.2, -0.15) is 0 Å². The molecule has 0 saturated carbocycles. The number of allylic oxidation sites excluding steroid dienone is 2. The zero-order valence-electron chi connectivity index (χ0n) is 16.4. The third kappa shape index (κ3) is 3.48. The third-order valence-electron chi connectivity index (χ3n) is 5.20. The number of hydrogen-bond acceptors (Lipinski definition) is 5. The van der Waals surface area contributed by atoms with E-state index in [9.17, 15) is 4.79 Å². The second kappa shape index (κ2) is 8.16. The number of fused-ring (bicyclic) bond motifs is 2. The number of nitrogens with zero attached hydrogens (tertiary/aromatic N) is 4. The Balaban J connectivity index is 1.37. The second-order valence-electron chi connectivity index (χ2n) is 7.09. The number of rotatable bonds is 4. The number of amides is 1. The molecule has 5 rings (SSSR count). The van der Waals surface area contributed by atoms with Gasteiger partial charge in [0.05, 0.1) is 22.7 Å². The number of anilines is 1. The summed E-state index contributed by atoms with van der Waals surface area (Å²) in [5, 5.41) is 9.60. The molecule has 5 nitrogen and oxygen atoms in total. The van der Waals surface area contributed by atoms with Crippen LogP contribution in [-0.4, -0.2) is 37.7 Å². The fourth-order valence-electron chi connectivity index (χ4n) is 3.76. The van der Waals surface area contributed by atoms with Crippen LogP contribution >= 0.6 is 23.5 Å². The van der Waals surface area contributed by atoms with E-state index in [0.717, 1.165) is 27.1 Å². The lowest BCUT2D eigenvalue weighted by molar-refractivity contribution is -0.116. The number of aromatic nitrogens is 3. The normalized spacial score (nSPS) is 19.4. The van der Waals surface area contributed by atoms with Crippen molar-refractivity contribution in [3.63, 3.8) is 0 Å². The first-order valence-electron chi connectivity index (χ1n) is 9.73. The summed E-state index contributed by atoms with van der Waals surface area (Å²) in [6.45, 7) is 0. The lowest BCUT2D eigenvalue weighted by Crippen LogP contribution is -2.48. The molecule has 0 saturated heterocycles. The van der Waals surface area contributed by atoms with Gasteiger partial charge >= 0.3 is 0 Å². The van der Waals surface area contributed by atoms with Gasteiger partial charge in [0.2, 0.25) is 5.91 Å². The monoisotopic (exact) mass is 432 g/mol. The van der Waals surface area contributed by atoms with Crippen LogP contribution in [0.1, 0.15) is 0 Å². The molecule has 7 heteroatoms. The Morgan fingerprint density at radius 3 is 2.67 bits per heavy atom. The van der Waals surface area contributed by atoms with E-state index in [1.54, 1.807) is 0 Å². The van der Waals surface area contributed by atoms with E-state index in [-0.39, 0.29) is 17.2 Å². The number of para-hydroxylation sites is 1. The molecule has 3 aromatic rings. The van der Waals surface area contributed by atoms with Gasteiger partial charge in [-0.25, -0.2) is 0 Å². The number of benzene rings is 2. The highest BCUT2D eigenvalue weighted by atomic mass is 32.2. The van der Waals surface area contributed by atoms with Crippen molar-refractivity contribution in [3.8, 4) is 11.4 Å². The highest BCUT2D eigenvalue weighted by Crippen LogP contribution is 2.43. The van der Waals surface area contributed by atoms with Crippen LogP contribution in [-0.2, 0) is 11.8 Å². The van der Waals surface area contributed by atoms with Gasteiger partial charge in [-0.3, -0.25) is 4.79 Å². The van der Waals surface area contributed by atoms with Crippen molar-refractivity contribution >= 4 is 35.1 Å². The molecule has 1 aromatic heterocycles. The molecular weight excluding hydrogens is 412 g/mol. The molecule has 30 heavy (non-hydrogen) atoms. The maximum absolute atomic E-state index is 13.4. The van der Waals surface area contributed by atoms with E-state index in [4.69, 9.17) is 0 Å². The second-order valence-corrected chi connectivity index (χ2v) is 9.26. The predicted octanol–water partition coefficient (Wildman–Crippen LogP) is 4.58. The fraction of sp³-hybridized carbons (Fsp3) is 0.174. The molecule has 0 N–H and O–H groups in total. The minimum atomic E-state index is 0.0300. The molecule has 2 aromatic carbocycles. The maximum atomic E-state index is 13.4. The van der Waals surface area contributed by atoms with Gasteiger partial charge in [-0.05, 0) is 12.1 Å². The zero-order chi connectivity index (χ0) is 20.5. The first-order valence-corrected chi connectivity index (χ1v) is 11.6. The van der Waals surface area contributed by atoms with Crippen LogP contribution < -0.4 is 4.90 Å². The molecule has 0 unspecified atom stereocenters. The number of carbonyl (C=O) groups excluding carboxylic acids is 1. The van der Waals surface area contributed by atoms with E-state index in [1.807, 2.05) is 82.9 Å². The van der Waals surface area contributed by atoms with E-state index < -0.39 is 0 Å². The standard InChI is InChI=1S/C23H20N4OS2/c1-26-22(16-9-3-2-4-10-16)24-25-23(26)29-15-21(28)27-17-11-5-7-13-19(17)30-20-14-8-6-12-18(20)27/h2-14,17,19H,15H2,1H3/t17-,19+/m1/s1. The van der Waals surface area contributed by atoms with Gasteiger partial charge in [-0.1, -0.05) is 78.5 Å². The summed E-state index contributed by atoms with van der Waals surface area (Å²) in [7, 11) is 1.94.